The first-order valence-corrected chi connectivity index (χ1v) is 13.4. The molecule has 2 fully saturated rings. The molecular weight excluding hydrogens is 400 g/mol. The molecule has 0 aromatic heterocycles. The summed E-state index contributed by atoms with van der Waals surface area (Å²) in [7, 11) is 0. The van der Waals surface area contributed by atoms with E-state index >= 15 is 0 Å². The van der Waals surface area contributed by atoms with E-state index in [1.165, 1.54) is 57.8 Å². The first-order valence-electron chi connectivity index (χ1n) is 13.4. The summed E-state index contributed by atoms with van der Waals surface area (Å²) < 4.78 is 5.81. The summed E-state index contributed by atoms with van der Waals surface area (Å²) in [5.74, 6) is 1.05. The van der Waals surface area contributed by atoms with E-state index in [4.69, 9.17) is 4.74 Å². The van der Waals surface area contributed by atoms with Gasteiger partial charge in [0.1, 0.15) is 5.57 Å². The van der Waals surface area contributed by atoms with Crippen LogP contribution in [0.2, 0.25) is 0 Å². The largest absolute Gasteiger partial charge is 0.476 e. The van der Waals surface area contributed by atoms with E-state index in [0.717, 1.165) is 38.8 Å². The highest BCUT2D eigenvalue weighted by Gasteiger charge is 2.37. The quantitative estimate of drug-likeness (QED) is 0.262. The van der Waals surface area contributed by atoms with Crippen molar-refractivity contribution in [2.45, 2.75) is 116 Å². The normalized spacial score (nSPS) is 26.2. The molecule has 3 rings (SSSR count). The molecule has 1 aliphatic heterocycles. The predicted molar refractivity (Wildman–Crippen MR) is 131 cm³/mol. The van der Waals surface area contributed by atoms with Crippen molar-refractivity contribution in [3.05, 3.63) is 11.6 Å². The minimum absolute atomic E-state index is 0.0632. The van der Waals surface area contributed by atoms with Crippen LogP contribution in [0.5, 0.6) is 0 Å². The first kappa shape index (κ1) is 25.2. The predicted octanol–water partition coefficient (Wildman–Crippen LogP) is 5.40. The molecule has 0 radical (unpaired) electrons. The molecule has 6 nitrogen and oxygen atoms in total. The fourth-order valence-electron chi connectivity index (χ4n) is 5.31. The van der Waals surface area contributed by atoms with Crippen molar-refractivity contribution in [3.8, 4) is 0 Å². The molecule has 32 heavy (non-hydrogen) atoms. The van der Waals surface area contributed by atoms with E-state index in [0.29, 0.717) is 30.0 Å². The minimum Gasteiger partial charge on any atom is -0.476 e. The first-order chi connectivity index (χ1) is 15.7. The lowest BCUT2D eigenvalue weighted by Gasteiger charge is -2.36. The fraction of sp³-hybridized carbons (Fsp3) is 0.846. The SMILES string of the molecule is CCCCNN(CCCC)C1CCC(C=C2C(=O)N(C3CCCCC3)N=C2OCC)CC1. The Morgan fingerprint density at radius 2 is 1.75 bits per heavy atom. The lowest BCUT2D eigenvalue weighted by Crippen LogP contribution is -2.48. The number of unbranched alkanes of at least 4 members (excludes halogenated alkanes) is 2. The number of hydrazone groups is 1. The van der Waals surface area contributed by atoms with Gasteiger partial charge >= 0.3 is 0 Å². The Morgan fingerprint density at radius 3 is 2.41 bits per heavy atom. The second-order valence-electron chi connectivity index (χ2n) is 9.74. The molecule has 3 aliphatic rings. The zero-order chi connectivity index (χ0) is 22.8. The van der Waals surface area contributed by atoms with Crippen LogP contribution in [-0.2, 0) is 9.53 Å². The van der Waals surface area contributed by atoms with E-state index in [1.54, 1.807) is 5.01 Å². The lowest BCUT2D eigenvalue weighted by atomic mass is 9.84. The van der Waals surface area contributed by atoms with Crippen LogP contribution in [0.15, 0.2) is 16.8 Å². The van der Waals surface area contributed by atoms with Crippen molar-refractivity contribution in [3.63, 3.8) is 0 Å². The van der Waals surface area contributed by atoms with Crippen molar-refractivity contribution in [1.29, 1.82) is 0 Å². The zero-order valence-corrected chi connectivity index (χ0v) is 20.8. The number of rotatable bonds is 11. The Kier molecular flexibility index (Phi) is 10.5. The van der Waals surface area contributed by atoms with Crippen LogP contribution in [0, 0.1) is 5.92 Å². The molecule has 0 unspecified atom stereocenters. The molecule has 6 heteroatoms. The maximum atomic E-state index is 13.2. The molecule has 2 aliphatic carbocycles. The summed E-state index contributed by atoms with van der Waals surface area (Å²) >= 11 is 0. The summed E-state index contributed by atoms with van der Waals surface area (Å²) in [6.45, 7) is 9.23. The summed E-state index contributed by atoms with van der Waals surface area (Å²) in [6.07, 6.45) is 17.5. The Balaban J connectivity index is 1.60. The Labute approximate surface area is 195 Å². The number of ether oxygens (including phenoxy) is 1. The van der Waals surface area contributed by atoms with Gasteiger partial charge in [0, 0.05) is 19.1 Å². The third-order valence-electron chi connectivity index (χ3n) is 7.25. The number of carbonyl (C=O) groups excluding carboxylic acids is 1. The third-order valence-corrected chi connectivity index (χ3v) is 7.25. The van der Waals surface area contributed by atoms with E-state index in [2.05, 4.69) is 35.5 Å². The standard InChI is InChI=1S/C26H46N4O2/c1-4-7-18-27-29(19-8-5-2)22-16-14-21(15-17-22)20-24-25(32-6-3)28-30(26(24)31)23-12-10-9-11-13-23/h20-23,27H,4-19H2,1-3H3. The van der Waals surface area contributed by atoms with Crippen LogP contribution in [0.4, 0.5) is 0 Å². The Bertz CT molecular complexity index is 634. The number of hydrogen-bond acceptors (Lipinski definition) is 5. The van der Waals surface area contributed by atoms with Gasteiger partial charge in [-0.3, -0.25) is 10.2 Å². The maximum Gasteiger partial charge on any atom is 0.279 e. The molecule has 182 valence electrons. The number of nitrogens with zero attached hydrogens (tertiary/aromatic N) is 3. The van der Waals surface area contributed by atoms with Gasteiger partial charge in [-0.25, -0.2) is 10.0 Å². The second kappa shape index (κ2) is 13.3. The van der Waals surface area contributed by atoms with Gasteiger partial charge in [-0.05, 0) is 64.2 Å². The van der Waals surface area contributed by atoms with E-state index in [1.807, 2.05) is 6.92 Å². The smallest absolute Gasteiger partial charge is 0.279 e. The summed E-state index contributed by atoms with van der Waals surface area (Å²) in [5, 5.41) is 8.90. The molecule has 1 amide bonds. The van der Waals surface area contributed by atoms with Crippen molar-refractivity contribution in [2.75, 3.05) is 19.7 Å². The Hall–Kier alpha value is -1.40. The van der Waals surface area contributed by atoms with Crippen molar-refractivity contribution in [1.82, 2.24) is 15.4 Å². The van der Waals surface area contributed by atoms with Crippen LogP contribution in [0.25, 0.3) is 0 Å². The summed E-state index contributed by atoms with van der Waals surface area (Å²) in [4.78, 5) is 13.2. The fourth-order valence-corrected chi connectivity index (χ4v) is 5.31. The van der Waals surface area contributed by atoms with Gasteiger partial charge in [0.15, 0.2) is 0 Å². The average Bonchev–Trinajstić information content (AvgIpc) is 3.13. The molecule has 0 atom stereocenters. The highest BCUT2D eigenvalue weighted by molar-refractivity contribution is 6.21. The van der Waals surface area contributed by atoms with E-state index < -0.39 is 0 Å². The van der Waals surface area contributed by atoms with Crippen LogP contribution >= 0.6 is 0 Å². The van der Waals surface area contributed by atoms with Crippen LogP contribution < -0.4 is 5.43 Å². The Morgan fingerprint density at radius 1 is 1.03 bits per heavy atom. The minimum atomic E-state index is 0.0632. The molecule has 1 heterocycles. The number of hydrogen-bond donors (Lipinski definition) is 1. The topological polar surface area (TPSA) is 57.2 Å². The van der Waals surface area contributed by atoms with Gasteiger partial charge in [0.25, 0.3) is 5.91 Å². The van der Waals surface area contributed by atoms with E-state index in [-0.39, 0.29) is 11.9 Å². The maximum absolute atomic E-state index is 13.2. The van der Waals surface area contributed by atoms with Gasteiger partial charge in [0.05, 0.1) is 12.6 Å². The highest BCUT2D eigenvalue weighted by atomic mass is 16.5. The number of allylic oxidation sites excluding steroid dienone is 1. The molecule has 0 saturated heterocycles. The summed E-state index contributed by atoms with van der Waals surface area (Å²) in [5.41, 5.74) is 4.42. The molecular formula is C26H46N4O2. The number of carbonyl (C=O) groups is 1. The van der Waals surface area contributed by atoms with Crippen molar-refractivity contribution >= 4 is 11.8 Å². The van der Waals surface area contributed by atoms with Gasteiger partial charge in [0.2, 0.25) is 5.90 Å². The third kappa shape index (κ3) is 6.80. The molecule has 0 spiro atoms. The molecule has 1 N–H and O–H groups in total. The highest BCUT2D eigenvalue weighted by Crippen LogP contribution is 2.32. The van der Waals surface area contributed by atoms with Gasteiger partial charge in [-0.2, -0.15) is 0 Å². The lowest BCUT2D eigenvalue weighted by molar-refractivity contribution is -0.128. The van der Waals surface area contributed by atoms with Gasteiger partial charge in [-0.15, -0.1) is 5.10 Å². The van der Waals surface area contributed by atoms with Crippen LogP contribution in [-0.4, -0.2) is 53.6 Å². The van der Waals surface area contributed by atoms with Crippen molar-refractivity contribution in [2.24, 2.45) is 11.0 Å². The number of amides is 1. The number of nitrogens with one attached hydrogen (secondary N) is 1. The zero-order valence-electron chi connectivity index (χ0n) is 20.8. The monoisotopic (exact) mass is 446 g/mol. The van der Waals surface area contributed by atoms with Gasteiger partial charge in [-0.1, -0.05) is 52.0 Å². The van der Waals surface area contributed by atoms with E-state index in [9.17, 15) is 4.79 Å². The average molecular weight is 447 g/mol. The van der Waals surface area contributed by atoms with Crippen molar-refractivity contribution < 1.29 is 9.53 Å². The second-order valence-corrected chi connectivity index (χ2v) is 9.74. The molecule has 2 saturated carbocycles. The summed E-state index contributed by atoms with van der Waals surface area (Å²) in [6, 6.07) is 0.848. The van der Waals surface area contributed by atoms with Crippen LogP contribution in [0.1, 0.15) is 104 Å². The molecule has 0 bridgehead atoms. The van der Waals surface area contributed by atoms with Gasteiger partial charge < -0.3 is 4.74 Å². The van der Waals surface area contributed by atoms with Crippen LogP contribution in [0.3, 0.4) is 0 Å². The molecule has 0 aromatic rings. The molecule has 0 aromatic carbocycles. The number of hydrazine groups is 1.